The van der Waals surface area contributed by atoms with Gasteiger partial charge in [-0.25, -0.2) is 0 Å². The summed E-state index contributed by atoms with van der Waals surface area (Å²) in [6, 6.07) is 8.82. The summed E-state index contributed by atoms with van der Waals surface area (Å²) >= 11 is 0. The van der Waals surface area contributed by atoms with Gasteiger partial charge in [0.2, 0.25) is 0 Å². The van der Waals surface area contributed by atoms with Gasteiger partial charge in [-0.2, -0.15) is 0 Å². The van der Waals surface area contributed by atoms with E-state index in [1.165, 1.54) is 0 Å². The van der Waals surface area contributed by atoms with Crippen LogP contribution in [0.25, 0.3) is 0 Å². The van der Waals surface area contributed by atoms with Crippen molar-refractivity contribution in [3.63, 3.8) is 0 Å². The number of rotatable bonds is 7. The summed E-state index contributed by atoms with van der Waals surface area (Å²) in [6.45, 7) is 6.44. The van der Waals surface area contributed by atoms with E-state index in [9.17, 15) is 15.0 Å². The molecule has 4 nitrogen and oxygen atoms in total. The molecule has 0 aliphatic carbocycles. The summed E-state index contributed by atoms with van der Waals surface area (Å²) in [6.07, 6.45) is 0.517. The van der Waals surface area contributed by atoms with Crippen molar-refractivity contribution in [1.29, 1.82) is 0 Å². The monoisotopic (exact) mass is 279 g/mol. The second-order valence-corrected chi connectivity index (χ2v) is 6.41. The van der Waals surface area contributed by atoms with E-state index in [1.54, 1.807) is 0 Å². The highest BCUT2D eigenvalue weighted by Crippen LogP contribution is 2.20. The third-order valence-corrected chi connectivity index (χ3v) is 3.03. The van der Waals surface area contributed by atoms with Gasteiger partial charge in [0.15, 0.2) is 0 Å². The zero-order chi connectivity index (χ0) is 15.2. The molecule has 0 aliphatic rings. The molecule has 2 atom stereocenters. The maximum absolute atomic E-state index is 11.3. The molecule has 0 bridgehead atoms. The molecule has 112 valence electrons. The van der Waals surface area contributed by atoms with E-state index in [2.05, 4.69) is 26.1 Å². The first-order chi connectivity index (χ1) is 9.28. The van der Waals surface area contributed by atoms with E-state index in [-0.39, 0.29) is 5.41 Å². The number of carboxylic acid groups (broad SMARTS) is 1. The summed E-state index contributed by atoms with van der Waals surface area (Å²) in [5.74, 6) is -0.892. The van der Waals surface area contributed by atoms with E-state index in [0.29, 0.717) is 19.4 Å². The van der Waals surface area contributed by atoms with Crippen LogP contribution in [0.3, 0.4) is 0 Å². The van der Waals surface area contributed by atoms with E-state index in [4.69, 9.17) is 0 Å². The van der Waals surface area contributed by atoms with Gasteiger partial charge in [-0.1, -0.05) is 51.1 Å². The molecular weight excluding hydrogens is 254 g/mol. The Labute approximate surface area is 120 Å². The van der Waals surface area contributed by atoms with Gasteiger partial charge in [0.05, 0.1) is 6.10 Å². The van der Waals surface area contributed by atoms with Crippen molar-refractivity contribution in [2.75, 3.05) is 6.54 Å². The quantitative estimate of drug-likeness (QED) is 0.714. The highest BCUT2D eigenvalue weighted by atomic mass is 16.4. The average molecular weight is 279 g/mol. The Morgan fingerprint density at radius 2 is 1.85 bits per heavy atom. The molecule has 0 heterocycles. The van der Waals surface area contributed by atoms with Crippen molar-refractivity contribution in [1.82, 2.24) is 5.32 Å². The molecule has 0 aliphatic heterocycles. The van der Waals surface area contributed by atoms with Crippen molar-refractivity contribution in [2.24, 2.45) is 5.41 Å². The molecular formula is C16H25NO3. The van der Waals surface area contributed by atoms with Crippen molar-refractivity contribution in [3.05, 3.63) is 35.9 Å². The third-order valence-electron chi connectivity index (χ3n) is 3.03. The molecule has 0 spiro atoms. The summed E-state index contributed by atoms with van der Waals surface area (Å²) in [5.41, 5.74) is 0.997. The number of aliphatic carboxylic acids is 1. The van der Waals surface area contributed by atoms with E-state index < -0.39 is 18.1 Å². The molecule has 1 rings (SSSR count). The van der Waals surface area contributed by atoms with E-state index in [0.717, 1.165) is 5.56 Å². The van der Waals surface area contributed by atoms with Gasteiger partial charge < -0.3 is 15.5 Å². The molecule has 0 saturated carbocycles. The normalized spacial score (nSPS) is 14.8. The molecule has 0 amide bonds. The van der Waals surface area contributed by atoms with Gasteiger partial charge in [-0.15, -0.1) is 0 Å². The van der Waals surface area contributed by atoms with Gasteiger partial charge in [0, 0.05) is 6.54 Å². The van der Waals surface area contributed by atoms with Gasteiger partial charge >= 0.3 is 5.97 Å². The van der Waals surface area contributed by atoms with Crippen LogP contribution in [-0.4, -0.2) is 34.9 Å². The van der Waals surface area contributed by atoms with Crippen LogP contribution in [0.5, 0.6) is 0 Å². The van der Waals surface area contributed by atoms with Crippen LogP contribution in [0.4, 0.5) is 0 Å². The van der Waals surface area contributed by atoms with Crippen LogP contribution in [0, 0.1) is 5.41 Å². The fourth-order valence-electron chi connectivity index (χ4n) is 2.15. The fraction of sp³-hybridized carbons (Fsp3) is 0.562. The Morgan fingerprint density at radius 1 is 1.25 bits per heavy atom. The topological polar surface area (TPSA) is 69.6 Å². The number of aliphatic hydroxyl groups is 1. The van der Waals surface area contributed by atoms with Crippen LogP contribution >= 0.6 is 0 Å². The Balaban J connectivity index is 2.50. The first-order valence-corrected chi connectivity index (χ1v) is 6.96. The highest BCUT2D eigenvalue weighted by Gasteiger charge is 2.21. The molecule has 1 aromatic carbocycles. The zero-order valence-electron chi connectivity index (χ0n) is 12.5. The standard InChI is InChI=1S/C16H25NO3/c1-16(2,3)10-13(18)11-17-14(15(19)20)9-12-7-5-4-6-8-12/h4-8,13-14,17-18H,9-11H2,1-3H3,(H,19,20). The number of hydrogen-bond donors (Lipinski definition) is 3. The maximum Gasteiger partial charge on any atom is 0.321 e. The van der Waals surface area contributed by atoms with E-state index >= 15 is 0 Å². The number of benzene rings is 1. The minimum absolute atomic E-state index is 0.0270. The molecule has 20 heavy (non-hydrogen) atoms. The lowest BCUT2D eigenvalue weighted by Gasteiger charge is -2.24. The van der Waals surface area contributed by atoms with Crippen LogP contribution in [-0.2, 0) is 11.2 Å². The lowest BCUT2D eigenvalue weighted by Crippen LogP contribution is -2.43. The second kappa shape index (κ2) is 7.41. The summed E-state index contributed by atoms with van der Waals surface area (Å²) in [7, 11) is 0. The number of aliphatic hydroxyl groups excluding tert-OH is 1. The predicted octanol–water partition coefficient (Wildman–Crippen LogP) is 2.07. The second-order valence-electron chi connectivity index (χ2n) is 6.41. The molecule has 3 N–H and O–H groups in total. The Bertz CT molecular complexity index is 411. The molecule has 2 unspecified atom stereocenters. The zero-order valence-corrected chi connectivity index (χ0v) is 12.5. The fourth-order valence-corrected chi connectivity index (χ4v) is 2.15. The van der Waals surface area contributed by atoms with Crippen LogP contribution < -0.4 is 5.32 Å². The lowest BCUT2D eigenvalue weighted by atomic mass is 9.89. The highest BCUT2D eigenvalue weighted by molar-refractivity contribution is 5.73. The van der Waals surface area contributed by atoms with Gasteiger partial charge in [0.25, 0.3) is 0 Å². The largest absolute Gasteiger partial charge is 0.480 e. The van der Waals surface area contributed by atoms with Crippen molar-refractivity contribution >= 4 is 5.97 Å². The molecule has 0 saturated heterocycles. The van der Waals surface area contributed by atoms with Crippen molar-refractivity contribution in [3.8, 4) is 0 Å². The van der Waals surface area contributed by atoms with Gasteiger partial charge in [0.1, 0.15) is 6.04 Å². The van der Waals surface area contributed by atoms with E-state index in [1.807, 2.05) is 30.3 Å². The SMILES string of the molecule is CC(C)(C)CC(O)CNC(Cc1ccccc1)C(=O)O. The van der Waals surface area contributed by atoms with Gasteiger partial charge in [-0.3, -0.25) is 4.79 Å². The Morgan fingerprint density at radius 3 is 2.35 bits per heavy atom. The van der Waals surface area contributed by atoms with Crippen molar-refractivity contribution < 1.29 is 15.0 Å². The average Bonchev–Trinajstić information content (AvgIpc) is 2.33. The number of carboxylic acids is 1. The van der Waals surface area contributed by atoms with Crippen LogP contribution in [0.2, 0.25) is 0 Å². The van der Waals surface area contributed by atoms with Crippen LogP contribution in [0.1, 0.15) is 32.8 Å². The number of hydrogen-bond acceptors (Lipinski definition) is 3. The lowest BCUT2D eigenvalue weighted by molar-refractivity contribution is -0.139. The maximum atomic E-state index is 11.3. The van der Waals surface area contributed by atoms with Gasteiger partial charge in [-0.05, 0) is 23.8 Å². The molecule has 4 heteroatoms. The molecule has 0 aromatic heterocycles. The van der Waals surface area contributed by atoms with Crippen molar-refractivity contribution in [2.45, 2.75) is 45.8 Å². The molecule has 0 fully saturated rings. The first-order valence-electron chi connectivity index (χ1n) is 6.96. The third kappa shape index (κ3) is 6.68. The smallest absolute Gasteiger partial charge is 0.321 e. The Kier molecular flexibility index (Phi) is 6.17. The number of nitrogens with one attached hydrogen (secondary N) is 1. The summed E-state index contributed by atoms with van der Waals surface area (Å²) in [5, 5.41) is 22.1. The molecule has 0 radical (unpaired) electrons. The predicted molar refractivity (Wildman–Crippen MR) is 79.7 cm³/mol. The Hall–Kier alpha value is -1.39. The van der Waals surface area contributed by atoms with Crippen LogP contribution in [0.15, 0.2) is 30.3 Å². The number of carbonyl (C=O) groups is 1. The minimum Gasteiger partial charge on any atom is -0.480 e. The molecule has 1 aromatic rings. The summed E-state index contributed by atoms with van der Waals surface area (Å²) in [4.78, 5) is 11.3. The minimum atomic E-state index is -0.892. The first kappa shape index (κ1) is 16.7. The summed E-state index contributed by atoms with van der Waals surface area (Å²) < 4.78 is 0.